The highest BCUT2D eigenvalue weighted by atomic mass is 35.5. The van der Waals surface area contributed by atoms with E-state index in [9.17, 15) is 4.79 Å². The maximum absolute atomic E-state index is 12.0. The molecular weight excluding hydrogens is 382 g/mol. The number of rotatable bonds is 4. The van der Waals surface area contributed by atoms with Crippen molar-refractivity contribution in [3.8, 4) is 0 Å². The van der Waals surface area contributed by atoms with E-state index in [1.165, 1.54) is 32.1 Å². The first kappa shape index (κ1) is 18.6. The lowest BCUT2D eigenvalue weighted by Crippen LogP contribution is -2.15. The van der Waals surface area contributed by atoms with Crippen molar-refractivity contribution in [2.75, 3.05) is 0 Å². The summed E-state index contributed by atoms with van der Waals surface area (Å²) >= 11 is 7.91. The topological polar surface area (TPSA) is 60.9 Å². The smallest absolute Gasteiger partial charge is 0.336 e. The Kier molecular flexibility index (Phi) is 5.28. The monoisotopic (exact) mass is 403 g/mol. The van der Waals surface area contributed by atoms with E-state index in [1.54, 1.807) is 17.8 Å². The number of halogens is 1. The van der Waals surface area contributed by atoms with Crippen LogP contribution < -0.4 is 5.63 Å². The van der Waals surface area contributed by atoms with Crippen LogP contribution in [0.1, 0.15) is 55.1 Å². The zero-order valence-electron chi connectivity index (χ0n) is 15.5. The lowest BCUT2D eigenvalue weighted by Gasteiger charge is -2.25. The van der Waals surface area contributed by atoms with Crippen LogP contribution in [0.15, 0.2) is 32.6 Å². The molecule has 0 radical (unpaired) electrons. The molecule has 0 amide bonds. The van der Waals surface area contributed by atoms with E-state index in [0.29, 0.717) is 22.4 Å². The second kappa shape index (κ2) is 7.68. The van der Waals surface area contributed by atoms with Crippen molar-refractivity contribution in [2.24, 2.45) is 0 Å². The first-order valence-corrected chi connectivity index (χ1v) is 10.7. The van der Waals surface area contributed by atoms with Gasteiger partial charge in [0, 0.05) is 28.3 Å². The first-order chi connectivity index (χ1) is 13.0. The normalized spacial score (nSPS) is 15.5. The van der Waals surface area contributed by atoms with Crippen molar-refractivity contribution < 1.29 is 4.42 Å². The minimum Gasteiger partial charge on any atom is -0.423 e. The van der Waals surface area contributed by atoms with Crippen molar-refractivity contribution in [1.82, 2.24) is 14.8 Å². The summed E-state index contributed by atoms with van der Waals surface area (Å²) in [4.78, 5) is 12.0. The highest BCUT2D eigenvalue weighted by Gasteiger charge is 2.21. The van der Waals surface area contributed by atoms with Crippen molar-refractivity contribution in [1.29, 1.82) is 0 Å². The average Bonchev–Trinajstić information content (AvgIpc) is 3.02. The Balaban J connectivity index is 1.65. The van der Waals surface area contributed by atoms with Gasteiger partial charge in [-0.2, -0.15) is 0 Å². The summed E-state index contributed by atoms with van der Waals surface area (Å²) < 4.78 is 7.63. The summed E-state index contributed by atoms with van der Waals surface area (Å²) in [6.07, 6.45) is 6.19. The molecule has 27 heavy (non-hydrogen) atoms. The van der Waals surface area contributed by atoms with Gasteiger partial charge in [-0.05, 0) is 49.9 Å². The predicted octanol–water partition coefficient (Wildman–Crippen LogP) is 5.45. The first-order valence-electron chi connectivity index (χ1n) is 9.30. The molecule has 0 N–H and O–H groups in total. The second-order valence-corrected chi connectivity index (χ2v) is 8.52. The number of thioether (sulfide) groups is 1. The van der Waals surface area contributed by atoms with E-state index in [0.717, 1.165) is 27.5 Å². The van der Waals surface area contributed by atoms with Crippen LogP contribution in [0.5, 0.6) is 0 Å². The lowest BCUT2D eigenvalue weighted by atomic mass is 9.95. The molecule has 5 nitrogen and oxygen atoms in total. The summed E-state index contributed by atoms with van der Waals surface area (Å²) in [5, 5.41) is 11.1. The van der Waals surface area contributed by atoms with Crippen LogP contribution in [-0.4, -0.2) is 14.8 Å². The molecular formula is C20H22ClN3O2S. The maximum atomic E-state index is 12.0. The Hall–Kier alpha value is -1.79. The lowest BCUT2D eigenvalue weighted by molar-refractivity contribution is 0.332. The van der Waals surface area contributed by atoms with Gasteiger partial charge < -0.3 is 8.98 Å². The Bertz CT molecular complexity index is 1040. The molecule has 4 rings (SSSR count). The van der Waals surface area contributed by atoms with Gasteiger partial charge in [0.2, 0.25) is 0 Å². The molecule has 1 saturated carbocycles. The highest BCUT2D eigenvalue weighted by Crippen LogP contribution is 2.34. The molecule has 142 valence electrons. The fourth-order valence-electron chi connectivity index (χ4n) is 3.82. The van der Waals surface area contributed by atoms with E-state index < -0.39 is 0 Å². The van der Waals surface area contributed by atoms with Gasteiger partial charge in [-0.1, -0.05) is 42.6 Å². The van der Waals surface area contributed by atoms with Crippen molar-refractivity contribution in [3.63, 3.8) is 0 Å². The van der Waals surface area contributed by atoms with Crippen molar-refractivity contribution in [3.05, 3.63) is 50.6 Å². The zero-order chi connectivity index (χ0) is 19.0. The largest absolute Gasteiger partial charge is 0.423 e. The molecule has 0 atom stereocenters. The second-order valence-electron chi connectivity index (χ2n) is 7.17. The summed E-state index contributed by atoms with van der Waals surface area (Å²) in [7, 11) is 0. The van der Waals surface area contributed by atoms with Gasteiger partial charge >= 0.3 is 5.63 Å². The van der Waals surface area contributed by atoms with Crippen LogP contribution in [0, 0.1) is 13.8 Å². The zero-order valence-corrected chi connectivity index (χ0v) is 17.1. The summed E-state index contributed by atoms with van der Waals surface area (Å²) in [5.41, 5.74) is 2.03. The number of aryl methyl sites for hydroxylation is 2. The molecule has 1 aliphatic carbocycles. The van der Waals surface area contributed by atoms with Gasteiger partial charge in [0.1, 0.15) is 11.4 Å². The minimum atomic E-state index is -0.343. The predicted molar refractivity (Wildman–Crippen MR) is 109 cm³/mol. The molecule has 1 aliphatic rings. The van der Waals surface area contributed by atoms with Gasteiger partial charge in [-0.3, -0.25) is 0 Å². The number of fused-ring (bicyclic) bond motifs is 1. The van der Waals surface area contributed by atoms with Crippen LogP contribution in [-0.2, 0) is 5.75 Å². The Labute approximate surface area is 167 Å². The third-order valence-electron chi connectivity index (χ3n) is 5.24. The molecule has 0 bridgehead atoms. The molecule has 3 aromatic rings. The molecule has 0 aliphatic heterocycles. The van der Waals surface area contributed by atoms with E-state index in [4.69, 9.17) is 16.0 Å². The van der Waals surface area contributed by atoms with Gasteiger partial charge in [0.25, 0.3) is 0 Å². The van der Waals surface area contributed by atoms with Crippen LogP contribution in [0.4, 0.5) is 0 Å². The Morgan fingerprint density at radius 2 is 1.96 bits per heavy atom. The molecule has 1 aromatic carbocycles. The van der Waals surface area contributed by atoms with Crippen LogP contribution >= 0.6 is 23.4 Å². The Morgan fingerprint density at radius 3 is 2.74 bits per heavy atom. The quantitative estimate of drug-likeness (QED) is 0.428. The van der Waals surface area contributed by atoms with E-state index in [-0.39, 0.29) is 5.63 Å². The molecule has 7 heteroatoms. The van der Waals surface area contributed by atoms with Gasteiger partial charge in [-0.15, -0.1) is 10.2 Å². The van der Waals surface area contributed by atoms with Crippen LogP contribution in [0.3, 0.4) is 0 Å². The molecule has 2 aromatic heterocycles. The van der Waals surface area contributed by atoms with Crippen molar-refractivity contribution >= 4 is 34.3 Å². The standard InChI is InChI=1S/C20H22ClN3O2S/c1-12-8-18-16(10-17(12)21)14(9-19(25)26-18)11-27-20-23-22-13(2)24(20)15-6-4-3-5-7-15/h8-10,15H,3-7,11H2,1-2H3. The average molecular weight is 404 g/mol. The third-order valence-corrected chi connectivity index (χ3v) is 6.64. The fraction of sp³-hybridized carbons (Fsp3) is 0.450. The number of nitrogens with zero attached hydrogens (tertiary/aromatic N) is 3. The van der Waals surface area contributed by atoms with Gasteiger partial charge in [-0.25, -0.2) is 4.79 Å². The van der Waals surface area contributed by atoms with E-state index in [1.807, 2.05) is 26.0 Å². The number of hydrogen-bond donors (Lipinski definition) is 0. The molecule has 0 spiro atoms. The number of benzene rings is 1. The van der Waals surface area contributed by atoms with Crippen LogP contribution in [0.2, 0.25) is 5.02 Å². The van der Waals surface area contributed by atoms with E-state index in [2.05, 4.69) is 14.8 Å². The molecule has 1 fully saturated rings. The molecule has 2 heterocycles. The highest BCUT2D eigenvalue weighted by molar-refractivity contribution is 7.98. The SMILES string of the molecule is Cc1cc2oc(=O)cc(CSc3nnc(C)n3C3CCCCC3)c2cc1Cl. The van der Waals surface area contributed by atoms with E-state index >= 15 is 0 Å². The Morgan fingerprint density at radius 1 is 1.19 bits per heavy atom. The summed E-state index contributed by atoms with van der Waals surface area (Å²) in [6, 6.07) is 5.73. The summed E-state index contributed by atoms with van der Waals surface area (Å²) in [6.45, 7) is 3.92. The maximum Gasteiger partial charge on any atom is 0.336 e. The van der Waals surface area contributed by atoms with Gasteiger partial charge in [0.15, 0.2) is 5.16 Å². The molecule has 0 unspecified atom stereocenters. The number of hydrogen-bond acceptors (Lipinski definition) is 5. The third kappa shape index (κ3) is 3.78. The molecule has 0 saturated heterocycles. The summed E-state index contributed by atoms with van der Waals surface area (Å²) in [5.74, 6) is 1.58. The van der Waals surface area contributed by atoms with Crippen LogP contribution in [0.25, 0.3) is 11.0 Å². The fourth-order valence-corrected chi connectivity index (χ4v) is 5.02. The van der Waals surface area contributed by atoms with Crippen molar-refractivity contribution in [2.45, 2.75) is 62.9 Å². The minimum absolute atomic E-state index is 0.343. The number of aromatic nitrogens is 3. The van der Waals surface area contributed by atoms with Gasteiger partial charge in [0.05, 0.1) is 0 Å².